The largest absolute Gasteiger partial charge is 0.460 e. The summed E-state index contributed by atoms with van der Waals surface area (Å²) in [4.78, 5) is 71.0. The molecule has 2 bridgehead atoms. The Hall–Kier alpha value is -3.42. The molecule has 0 radical (unpaired) electrons. The Labute approximate surface area is 430 Å². The number of nitrogens with zero attached hydrogens (tertiary/aromatic N) is 1. The summed E-state index contributed by atoms with van der Waals surface area (Å²) in [7, 11) is 0.579. The number of hydrogen-bond donors (Lipinski definition) is 3. The fourth-order valence-corrected chi connectivity index (χ4v) is 11.5. The van der Waals surface area contributed by atoms with Crippen molar-refractivity contribution < 1.29 is 66.3 Å². The van der Waals surface area contributed by atoms with Gasteiger partial charge in [-0.3, -0.25) is 19.2 Å². The molecule has 17 heteroatoms. The maximum Gasteiger partial charge on any atom is 0.328 e. The van der Waals surface area contributed by atoms with E-state index in [1.54, 1.807) is 72.1 Å². The number of fused-ring (bicyclic) bond motifs is 2. The number of aliphatic hydroxyl groups is 2. The predicted octanol–water partition coefficient (Wildman–Crippen LogP) is 6.91. The quantitative estimate of drug-likeness (QED) is 0.115. The van der Waals surface area contributed by atoms with Gasteiger partial charge in [-0.25, -0.2) is 17.9 Å². The van der Waals surface area contributed by atoms with E-state index < -0.39 is 87.7 Å². The maximum atomic E-state index is 14.2. The van der Waals surface area contributed by atoms with Crippen LogP contribution in [-0.2, 0) is 57.7 Å². The Morgan fingerprint density at radius 3 is 2.21 bits per heavy atom. The molecule has 0 aromatic heterocycles. The average Bonchev–Trinajstić information content (AvgIpc) is 3.34. The fourth-order valence-electron chi connectivity index (χ4n) is 10.7. The third kappa shape index (κ3) is 17.6. The zero-order chi connectivity index (χ0) is 53.5. The highest BCUT2D eigenvalue weighted by Crippen LogP contribution is 2.38. The molecule has 4 rings (SSSR count). The highest BCUT2D eigenvalue weighted by atomic mass is 32.2. The van der Waals surface area contributed by atoms with Gasteiger partial charge in [-0.1, -0.05) is 89.0 Å². The van der Waals surface area contributed by atoms with Crippen LogP contribution >= 0.6 is 0 Å². The molecule has 0 spiro atoms. The van der Waals surface area contributed by atoms with Crippen molar-refractivity contribution in [3.8, 4) is 0 Å². The molecule has 16 nitrogen and oxygen atoms in total. The molecule has 1 saturated heterocycles. The van der Waals surface area contributed by atoms with Crippen LogP contribution in [0.2, 0.25) is 0 Å². The second-order valence-corrected chi connectivity index (χ2v) is 23.4. The number of carbonyl (C=O) groups is 5. The first-order valence-corrected chi connectivity index (χ1v) is 28.3. The highest BCUT2D eigenvalue weighted by Gasteiger charge is 2.52. The number of methoxy groups -OCH3 is 2. The number of likely N-dealkylation sites (N-methyl/N-ethyl adjacent to an activating group) is 1. The van der Waals surface area contributed by atoms with E-state index in [1.807, 2.05) is 13.0 Å². The molecule has 14 atom stereocenters. The summed E-state index contributed by atoms with van der Waals surface area (Å²) in [6.07, 6.45) is 17.6. The third-order valence-corrected chi connectivity index (χ3v) is 16.5. The predicted molar refractivity (Wildman–Crippen MR) is 275 cm³/mol. The molecule has 0 aromatic rings. The Morgan fingerprint density at radius 1 is 0.861 bits per heavy atom. The van der Waals surface area contributed by atoms with Crippen molar-refractivity contribution in [3.05, 3.63) is 47.6 Å². The van der Waals surface area contributed by atoms with Gasteiger partial charge >= 0.3 is 5.97 Å². The van der Waals surface area contributed by atoms with Gasteiger partial charge in [0.25, 0.3) is 11.7 Å². The Bertz CT molecular complexity index is 2060. The lowest BCUT2D eigenvalue weighted by atomic mass is 9.78. The van der Waals surface area contributed by atoms with Crippen molar-refractivity contribution in [1.29, 1.82) is 0 Å². The van der Waals surface area contributed by atoms with Gasteiger partial charge in [0.2, 0.25) is 15.8 Å². The first kappa shape index (κ1) is 61.1. The van der Waals surface area contributed by atoms with Gasteiger partial charge in [-0.15, -0.1) is 0 Å². The van der Waals surface area contributed by atoms with Gasteiger partial charge < -0.3 is 38.8 Å². The zero-order valence-corrected chi connectivity index (χ0v) is 45.8. The number of amides is 1. The fraction of sp³-hybridized carbons (Fsp3) is 0.764. The second-order valence-electron chi connectivity index (χ2n) is 21.6. The number of ether oxygens (including phenoxy) is 5. The minimum absolute atomic E-state index is 0.0295. The van der Waals surface area contributed by atoms with Crippen LogP contribution in [0.4, 0.5) is 0 Å². The van der Waals surface area contributed by atoms with Crippen molar-refractivity contribution in [2.45, 2.75) is 199 Å². The van der Waals surface area contributed by atoms with Crippen LogP contribution < -0.4 is 4.72 Å². The summed E-state index contributed by atoms with van der Waals surface area (Å²) in [6, 6.07) is -2.13. The lowest BCUT2D eigenvalue weighted by Crippen LogP contribution is -2.59. The Morgan fingerprint density at radius 2 is 1.56 bits per heavy atom. The minimum Gasteiger partial charge on any atom is -0.460 e. The molecule has 1 amide bonds. The Kier molecular flexibility index (Phi) is 24.2. The van der Waals surface area contributed by atoms with E-state index in [9.17, 15) is 42.6 Å². The molecule has 6 unspecified atom stereocenters. The van der Waals surface area contributed by atoms with E-state index in [-0.39, 0.29) is 54.9 Å². The monoisotopic (exact) mass is 1030 g/mol. The summed E-state index contributed by atoms with van der Waals surface area (Å²) in [5.74, 6) is -8.18. The molecule has 2 heterocycles. The number of nitrogens with one attached hydrogen (secondary N) is 1. The second kappa shape index (κ2) is 28.5. The number of aliphatic hydroxyl groups excluding tert-OH is 1. The number of carbonyl (C=O) groups excluding carboxylic acids is 5. The molecule has 2 aliphatic heterocycles. The number of cyclic esters (lactones) is 1. The molecule has 408 valence electrons. The molecule has 2 aliphatic carbocycles. The van der Waals surface area contributed by atoms with Gasteiger partial charge in [0, 0.05) is 58.1 Å². The smallest absolute Gasteiger partial charge is 0.328 e. The number of allylic oxidation sites excluding steroid dienone is 6. The van der Waals surface area contributed by atoms with Crippen LogP contribution in [-0.4, -0.2) is 141 Å². The number of rotatable bonds is 10. The number of esters is 1. The molecular formula is C55H88N2O14S. The van der Waals surface area contributed by atoms with Gasteiger partial charge in [-0.2, -0.15) is 0 Å². The van der Waals surface area contributed by atoms with Gasteiger partial charge in [0.15, 0.2) is 5.78 Å². The topological polar surface area (TPSA) is 221 Å². The van der Waals surface area contributed by atoms with Crippen molar-refractivity contribution in [2.24, 2.45) is 35.5 Å². The molecule has 4 aliphatic rings. The van der Waals surface area contributed by atoms with Gasteiger partial charge in [0.1, 0.15) is 30.1 Å². The van der Waals surface area contributed by atoms with Crippen LogP contribution in [0, 0.1) is 35.5 Å². The van der Waals surface area contributed by atoms with E-state index in [0.29, 0.717) is 42.7 Å². The number of hydrogen-bond acceptors (Lipinski definition) is 14. The molecular weight excluding hydrogens is 945 g/mol. The first-order chi connectivity index (χ1) is 33.9. The van der Waals surface area contributed by atoms with Crippen LogP contribution in [0.1, 0.15) is 145 Å². The third-order valence-electron chi connectivity index (χ3n) is 15.8. The van der Waals surface area contributed by atoms with E-state index in [4.69, 9.17) is 23.7 Å². The van der Waals surface area contributed by atoms with Crippen LogP contribution in [0.3, 0.4) is 0 Å². The molecule has 72 heavy (non-hydrogen) atoms. The summed E-state index contributed by atoms with van der Waals surface area (Å²) in [6.45, 7) is 12.5. The van der Waals surface area contributed by atoms with E-state index in [2.05, 4.69) is 4.72 Å². The van der Waals surface area contributed by atoms with E-state index in [0.717, 1.165) is 37.0 Å². The first-order valence-electron chi connectivity index (χ1n) is 26.4. The van der Waals surface area contributed by atoms with Crippen molar-refractivity contribution >= 4 is 39.2 Å². The summed E-state index contributed by atoms with van der Waals surface area (Å²) in [5.41, 5.74) is 0.985. The SMILES string of the molecule is COC1C(=O)C(C)CC\C=C/C=C\C=C(\C)[C@H](NS(C)(=O)=O)C[C@H]2CC[C@H](C)[C@](O)(O2)C(=O)C(=O)N(C)C(C)C(=O)OC([C@H](C)C[C@@H]2CC[C@@H](OCC3CCCCC3)[C@H](OC)C2)CC(=O)C(C)/C=C(/C)C1O. The molecule has 2 saturated carbocycles. The van der Waals surface area contributed by atoms with E-state index >= 15 is 0 Å². The zero-order valence-electron chi connectivity index (χ0n) is 45.0. The van der Waals surface area contributed by atoms with Gasteiger partial charge in [0.05, 0.1) is 24.6 Å². The number of Topliss-reactive ketones (excluding diaryl/α,β-unsaturated/α-hetero) is 3. The number of sulfonamides is 1. The molecule has 3 N–H and O–H groups in total. The van der Waals surface area contributed by atoms with Crippen LogP contribution in [0.5, 0.6) is 0 Å². The lowest BCUT2D eigenvalue weighted by molar-refractivity contribution is -0.263. The maximum absolute atomic E-state index is 14.2. The van der Waals surface area contributed by atoms with E-state index in [1.165, 1.54) is 53.2 Å². The molecule has 3 fully saturated rings. The average molecular weight is 1030 g/mol. The summed E-state index contributed by atoms with van der Waals surface area (Å²) < 4.78 is 57.9. The highest BCUT2D eigenvalue weighted by molar-refractivity contribution is 7.88. The Balaban J connectivity index is 1.64. The number of ketones is 3. The minimum atomic E-state index is -3.73. The standard InChI is InChI=1S/C55H88N2O14S/c1-34-20-16-13-12-14-17-21-35(2)49(59)51(68-10)50(60)38(5)28-36(3)45(58)32-47(37(4)29-42-25-27-46(48(30-42)67-9)69-33-41-22-18-15-19-23-41)70-54(63)40(7)57(8)53(62)52(61)55(64)39(6)24-26-43(71-55)31-44(34)56-72(11,65)66/h12-14,16,20,28,35-37,39-44,46-48,50-51,56,60,64H,15,17-19,21-27,29-33H2,1-11H3/b14-12-,16-13-,34-20-,38-28-/t35?,36?,37-,39+,40?,42+,43-,44-,46-,47?,48-,50?,51?,55+/m1/s1. The lowest BCUT2D eigenvalue weighted by Gasteiger charge is -2.42. The van der Waals surface area contributed by atoms with Gasteiger partial charge in [-0.05, 0) is 115 Å². The van der Waals surface area contributed by atoms with Crippen LogP contribution in [0.15, 0.2) is 47.6 Å². The van der Waals surface area contributed by atoms with Crippen molar-refractivity contribution in [3.63, 3.8) is 0 Å². The summed E-state index contributed by atoms with van der Waals surface area (Å²) >= 11 is 0. The molecule has 0 aromatic carbocycles. The summed E-state index contributed by atoms with van der Waals surface area (Å²) in [5, 5.41) is 23.3. The van der Waals surface area contributed by atoms with Crippen molar-refractivity contribution in [2.75, 3.05) is 34.1 Å². The normalized spacial score (nSPS) is 37.5. The van der Waals surface area contributed by atoms with Crippen molar-refractivity contribution in [1.82, 2.24) is 9.62 Å². The van der Waals surface area contributed by atoms with Crippen LogP contribution in [0.25, 0.3) is 0 Å².